The van der Waals surface area contributed by atoms with Crippen LogP contribution in [0.3, 0.4) is 0 Å². The Hall–Kier alpha value is -1.01. The van der Waals surface area contributed by atoms with E-state index >= 15 is 0 Å². The number of halogens is 2. The van der Waals surface area contributed by atoms with Crippen molar-refractivity contribution in [1.82, 2.24) is 10.6 Å². The number of nitrogens with one attached hydrogen (secondary N) is 2. The van der Waals surface area contributed by atoms with Crippen molar-refractivity contribution in [1.29, 1.82) is 0 Å². The molecule has 0 aliphatic carbocycles. The first kappa shape index (κ1) is 11.5. The second-order valence-corrected chi connectivity index (χ2v) is 4.98. The van der Waals surface area contributed by atoms with Crippen molar-refractivity contribution in [3.63, 3.8) is 0 Å². The number of rotatable bonds is 1. The molecule has 2 N–H and O–H groups in total. The predicted molar refractivity (Wildman–Crippen MR) is 65.3 cm³/mol. The second kappa shape index (κ2) is 3.78. The van der Waals surface area contributed by atoms with E-state index in [1.807, 2.05) is 0 Å². The maximum Gasteiger partial charge on any atom is 0.256 e. The van der Waals surface area contributed by atoms with E-state index in [1.165, 1.54) is 6.07 Å². The zero-order chi connectivity index (χ0) is 11.9. The van der Waals surface area contributed by atoms with Crippen LogP contribution in [-0.4, -0.2) is 11.0 Å². The number of benzene rings is 1. The Balaban J connectivity index is 2.55. The molecular formula is C10H8BrFN2OS. The zero-order valence-electron chi connectivity index (χ0n) is 8.30. The second-order valence-electron chi connectivity index (χ2n) is 3.66. The molecule has 1 saturated heterocycles. The van der Waals surface area contributed by atoms with Crippen molar-refractivity contribution in [3.8, 4) is 0 Å². The minimum absolute atomic E-state index is 0.215. The molecule has 1 aromatic carbocycles. The lowest BCUT2D eigenvalue weighted by Gasteiger charge is -2.22. The van der Waals surface area contributed by atoms with Gasteiger partial charge >= 0.3 is 0 Å². The van der Waals surface area contributed by atoms with E-state index in [9.17, 15) is 9.18 Å². The van der Waals surface area contributed by atoms with Gasteiger partial charge in [-0.1, -0.05) is 15.9 Å². The average molecular weight is 303 g/mol. The predicted octanol–water partition coefficient (Wildman–Crippen LogP) is 1.81. The number of amides is 1. The van der Waals surface area contributed by atoms with Crippen LogP contribution in [0.25, 0.3) is 0 Å². The molecule has 2 rings (SSSR count). The summed E-state index contributed by atoms with van der Waals surface area (Å²) in [6.45, 7) is 1.59. The molecule has 84 valence electrons. The summed E-state index contributed by atoms with van der Waals surface area (Å²) in [6.07, 6.45) is 0. The van der Waals surface area contributed by atoms with Crippen LogP contribution < -0.4 is 10.6 Å². The van der Waals surface area contributed by atoms with Gasteiger partial charge in [-0.15, -0.1) is 0 Å². The lowest BCUT2D eigenvalue weighted by Crippen LogP contribution is -2.41. The van der Waals surface area contributed by atoms with Gasteiger partial charge in [-0.3, -0.25) is 4.79 Å². The minimum Gasteiger partial charge on any atom is -0.345 e. The van der Waals surface area contributed by atoms with Gasteiger partial charge in [0.25, 0.3) is 5.91 Å². The number of carbonyl (C=O) groups excluding carboxylic acids is 1. The van der Waals surface area contributed by atoms with Crippen molar-refractivity contribution in [2.24, 2.45) is 0 Å². The number of carbonyl (C=O) groups is 1. The molecule has 0 bridgehead atoms. The summed E-state index contributed by atoms with van der Waals surface area (Å²) in [7, 11) is 0. The maximum atomic E-state index is 13.7. The van der Waals surface area contributed by atoms with Gasteiger partial charge in [0.15, 0.2) is 5.11 Å². The lowest BCUT2D eigenvalue weighted by atomic mass is 9.92. The summed E-state index contributed by atoms with van der Waals surface area (Å²) in [6, 6.07) is 4.45. The number of thiocarbonyl (C=S) groups is 1. The monoisotopic (exact) mass is 302 g/mol. The first-order chi connectivity index (χ1) is 7.43. The van der Waals surface area contributed by atoms with Crippen LogP contribution in [0, 0.1) is 5.82 Å². The summed E-state index contributed by atoms with van der Waals surface area (Å²) in [4.78, 5) is 11.7. The Morgan fingerprint density at radius 3 is 2.75 bits per heavy atom. The Labute approximate surface area is 106 Å². The Morgan fingerprint density at radius 2 is 2.19 bits per heavy atom. The Morgan fingerprint density at radius 1 is 1.50 bits per heavy atom. The molecule has 1 atom stereocenters. The van der Waals surface area contributed by atoms with Crippen molar-refractivity contribution >= 4 is 39.2 Å². The third-order valence-corrected chi connectivity index (χ3v) is 3.21. The maximum absolute atomic E-state index is 13.7. The summed E-state index contributed by atoms with van der Waals surface area (Å²) in [5, 5.41) is 5.44. The number of hydrogen-bond donors (Lipinski definition) is 2. The summed E-state index contributed by atoms with van der Waals surface area (Å²) < 4.78 is 14.4. The fourth-order valence-electron chi connectivity index (χ4n) is 1.61. The third-order valence-electron chi connectivity index (χ3n) is 2.51. The van der Waals surface area contributed by atoms with Gasteiger partial charge in [0.05, 0.1) is 0 Å². The summed E-state index contributed by atoms with van der Waals surface area (Å²) in [5.41, 5.74) is -0.885. The van der Waals surface area contributed by atoms with E-state index in [1.54, 1.807) is 19.1 Å². The summed E-state index contributed by atoms with van der Waals surface area (Å²) in [5.74, 6) is -0.799. The molecule has 1 heterocycles. The van der Waals surface area contributed by atoms with E-state index in [-0.39, 0.29) is 16.6 Å². The van der Waals surface area contributed by atoms with Gasteiger partial charge < -0.3 is 10.6 Å². The van der Waals surface area contributed by atoms with Gasteiger partial charge in [0.2, 0.25) is 0 Å². The van der Waals surface area contributed by atoms with Crippen molar-refractivity contribution in [3.05, 3.63) is 34.1 Å². The molecule has 0 radical (unpaired) electrons. The molecule has 3 nitrogen and oxygen atoms in total. The van der Waals surface area contributed by atoms with Crippen molar-refractivity contribution in [2.45, 2.75) is 12.5 Å². The van der Waals surface area contributed by atoms with Crippen LogP contribution in [-0.2, 0) is 10.3 Å². The molecule has 1 fully saturated rings. The SMILES string of the molecule is CC1(c2cc(Br)ccc2F)NC(=S)NC1=O. The molecule has 1 unspecified atom stereocenters. The highest BCUT2D eigenvalue weighted by atomic mass is 79.9. The molecule has 6 heteroatoms. The third kappa shape index (κ3) is 1.72. The molecule has 1 aliphatic heterocycles. The van der Waals surface area contributed by atoms with Crippen LogP contribution >= 0.6 is 28.1 Å². The standard InChI is InChI=1S/C10H8BrFN2OS/c1-10(8(15)13-9(16)14-10)6-4-5(11)2-3-7(6)12/h2-4H,1H3,(H2,13,14,15,16). The van der Waals surface area contributed by atoms with Crippen LogP contribution in [0.2, 0.25) is 0 Å². The van der Waals surface area contributed by atoms with Crippen LogP contribution in [0.15, 0.2) is 22.7 Å². The highest BCUT2D eigenvalue weighted by Gasteiger charge is 2.43. The molecule has 0 saturated carbocycles. The zero-order valence-corrected chi connectivity index (χ0v) is 10.7. The van der Waals surface area contributed by atoms with Crippen LogP contribution in [0.1, 0.15) is 12.5 Å². The van der Waals surface area contributed by atoms with E-state index in [4.69, 9.17) is 12.2 Å². The van der Waals surface area contributed by atoms with E-state index in [2.05, 4.69) is 26.6 Å². The van der Waals surface area contributed by atoms with Gasteiger partial charge in [0, 0.05) is 10.0 Å². The molecule has 16 heavy (non-hydrogen) atoms. The molecule has 1 amide bonds. The highest BCUT2D eigenvalue weighted by molar-refractivity contribution is 9.10. The fourth-order valence-corrected chi connectivity index (χ4v) is 2.27. The lowest BCUT2D eigenvalue weighted by molar-refractivity contribution is -0.123. The molecule has 0 spiro atoms. The highest BCUT2D eigenvalue weighted by Crippen LogP contribution is 2.29. The molecule has 1 aromatic rings. The van der Waals surface area contributed by atoms with Crippen molar-refractivity contribution < 1.29 is 9.18 Å². The first-order valence-corrected chi connectivity index (χ1v) is 5.73. The smallest absolute Gasteiger partial charge is 0.256 e. The van der Waals surface area contributed by atoms with Gasteiger partial charge in [-0.25, -0.2) is 4.39 Å². The molecular weight excluding hydrogens is 295 g/mol. The van der Waals surface area contributed by atoms with E-state index in [0.717, 1.165) is 0 Å². The quantitative estimate of drug-likeness (QED) is 0.778. The van der Waals surface area contributed by atoms with E-state index in [0.29, 0.717) is 4.47 Å². The Bertz CT molecular complexity index is 494. The van der Waals surface area contributed by atoms with Crippen molar-refractivity contribution in [2.75, 3.05) is 0 Å². The molecule has 1 aliphatic rings. The molecule has 0 aromatic heterocycles. The van der Waals surface area contributed by atoms with Gasteiger partial charge in [-0.05, 0) is 37.3 Å². The average Bonchev–Trinajstić information content (AvgIpc) is 2.46. The van der Waals surface area contributed by atoms with Gasteiger partial charge in [0.1, 0.15) is 11.4 Å². The largest absolute Gasteiger partial charge is 0.345 e. The van der Waals surface area contributed by atoms with Crippen LogP contribution in [0.5, 0.6) is 0 Å². The van der Waals surface area contributed by atoms with E-state index < -0.39 is 11.4 Å². The topological polar surface area (TPSA) is 41.1 Å². The van der Waals surface area contributed by atoms with Gasteiger partial charge in [-0.2, -0.15) is 0 Å². The fraction of sp³-hybridized carbons (Fsp3) is 0.200. The number of hydrogen-bond acceptors (Lipinski definition) is 2. The minimum atomic E-state index is -1.15. The first-order valence-electron chi connectivity index (χ1n) is 4.52. The Kier molecular flexibility index (Phi) is 2.71. The van der Waals surface area contributed by atoms with Crippen LogP contribution in [0.4, 0.5) is 4.39 Å². The normalized spacial score (nSPS) is 24.2. The summed E-state index contributed by atoms with van der Waals surface area (Å²) >= 11 is 8.09.